The molecule has 0 amide bonds. The Hall–Kier alpha value is -0.820. The topological polar surface area (TPSA) is 32.3 Å². The van der Waals surface area contributed by atoms with E-state index in [4.69, 9.17) is 0 Å². The minimum absolute atomic E-state index is 0.994. The third-order valence-electron chi connectivity index (χ3n) is 3.42. The van der Waals surface area contributed by atoms with Crippen LogP contribution in [0.5, 0.6) is 0 Å². The first-order chi connectivity index (χ1) is 9.40. The van der Waals surface area contributed by atoms with Crippen molar-refractivity contribution < 1.29 is 0 Å². The summed E-state index contributed by atoms with van der Waals surface area (Å²) in [5, 5.41) is 4.30. The summed E-state index contributed by atoms with van der Waals surface area (Å²) in [6, 6.07) is 0. The molecular formula is C13H18N4S2. The summed E-state index contributed by atoms with van der Waals surface area (Å²) < 4.78 is 0. The van der Waals surface area contributed by atoms with Crippen molar-refractivity contribution in [2.45, 2.75) is 19.5 Å². The van der Waals surface area contributed by atoms with Crippen LogP contribution in [0.15, 0.2) is 21.8 Å². The van der Waals surface area contributed by atoms with Gasteiger partial charge < -0.3 is 0 Å². The van der Waals surface area contributed by atoms with E-state index < -0.39 is 0 Å². The first kappa shape index (κ1) is 13.2. The first-order valence-electron chi connectivity index (χ1n) is 6.59. The SMILES string of the molecule is c1nc(CN2CCCN(Cc3cscn3)CC2)cs1. The maximum atomic E-state index is 4.38. The van der Waals surface area contributed by atoms with Gasteiger partial charge in [-0.25, -0.2) is 9.97 Å². The number of aromatic nitrogens is 2. The van der Waals surface area contributed by atoms with Gasteiger partial charge in [-0.3, -0.25) is 9.80 Å². The third-order valence-corrected chi connectivity index (χ3v) is 4.69. The highest BCUT2D eigenvalue weighted by molar-refractivity contribution is 7.07. The summed E-state index contributed by atoms with van der Waals surface area (Å²) in [5.74, 6) is 0. The highest BCUT2D eigenvalue weighted by Crippen LogP contribution is 2.12. The quantitative estimate of drug-likeness (QED) is 0.866. The molecule has 1 aliphatic heterocycles. The zero-order valence-electron chi connectivity index (χ0n) is 10.9. The average Bonchev–Trinajstić information content (AvgIpc) is 3.04. The van der Waals surface area contributed by atoms with Crippen molar-refractivity contribution in [2.75, 3.05) is 26.2 Å². The molecule has 0 bridgehead atoms. The van der Waals surface area contributed by atoms with Gasteiger partial charge in [0, 0.05) is 36.9 Å². The molecule has 0 N–H and O–H groups in total. The highest BCUT2D eigenvalue weighted by atomic mass is 32.1. The Morgan fingerprint density at radius 2 is 1.37 bits per heavy atom. The second kappa shape index (κ2) is 6.56. The van der Waals surface area contributed by atoms with E-state index in [-0.39, 0.29) is 0 Å². The van der Waals surface area contributed by atoms with Crippen molar-refractivity contribution in [1.82, 2.24) is 19.8 Å². The van der Waals surface area contributed by atoms with Gasteiger partial charge in [-0.15, -0.1) is 22.7 Å². The molecule has 2 aromatic heterocycles. The zero-order chi connectivity index (χ0) is 12.9. The number of hydrogen-bond donors (Lipinski definition) is 0. The molecule has 1 saturated heterocycles. The second-order valence-corrected chi connectivity index (χ2v) is 6.30. The Labute approximate surface area is 121 Å². The molecule has 4 nitrogen and oxygen atoms in total. The van der Waals surface area contributed by atoms with E-state index in [0.717, 1.165) is 26.2 Å². The molecule has 0 spiro atoms. The third kappa shape index (κ3) is 3.82. The molecule has 19 heavy (non-hydrogen) atoms. The summed E-state index contributed by atoms with van der Waals surface area (Å²) in [7, 11) is 0. The van der Waals surface area contributed by atoms with E-state index in [1.807, 2.05) is 11.0 Å². The Morgan fingerprint density at radius 3 is 1.79 bits per heavy atom. The standard InChI is InChI=1S/C13H18N4S2/c1-2-16(6-12-8-18-10-14-12)4-5-17(3-1)7-13-9-19-11-15-13/h8-11H,1-7H2. The molecule has 2 aromatic rings. The molecule has 0 atom stereocenters. The van der Waals surface area contributed by atoms with Crippen LogP contribution in [0.1, 0.15) is 17.8 Å². The lowest BCUT2D eigenvalue weighted by Gasteiger charge is -2.20. The maximum absolute atomic E-state index is 4.38. The van der Waals surface area contributed by atoms with Gasteiger partial charge in [-0.1, -0.05) is 0 Å². The monoisotopic (exact) mass is 294 g/mol. The predicted molar refractivity (Wildman–Crippen MR) is 79.4 cm³/mol. The van der Waals surface area contributed by atoms with Crippen LogP contribution >= 0.6 is 22.7 Å². The van der Waals surface area contributed by atoms with Gasteiger partial charge in [0.25, 0.3) is 0 Å². The summed E-state index contributed by atoms with van der Waals surface area (Å²) in [6.07, 6.45) is 1.23. The fourth-order valence-electron chi connectivity index (χ4n) is 2.43. The first-order valence-corrected chi connectivity index (χ1v) is 8.47. The number of rotatable bonds is 4. The Morgan fingerprint density at radius 1 is 0.842 bits per heavy atom. The Balaban J connectivity index is 1.51. The minimum Gasteiger partial charge on any atom is -0.296 e. The molecule has 3 rings (SSSR count). The van der Waals surface area contributed by atoms with Crippen LogP contribution in [-0.4, -0.2) is 45.9 Å². The normalized spacial score (nSPS) is 18.5. The molecule has 1 aliphatic rings. The average molecular weight is 294 g/mol. The molecule has 6 heteroatoms. The van der Waals surface area contributed by atoms with Crippen LogP contribution in [-0.2, 0) is 13.1 Å². The van der Waals surface area contributed by atoms with E-state index in [1.165, 1.54) is 30.9 Å². The van der Waals surface area contributed by atoms with Crippen LogP contribution in [0, 0.1) is 0 Å². The highest BCUT2D eigenvalue weighted by Gasteiger charge is 2.16. The molecule has 3 heterocycles. The van der Waals surface area contributed by atoms with Crippen molar-refractivity contribution in [1.29, 1.82) is 0 Å². The van der Waals surface area contributed by atoms with Crippen LogP contribution in [0.2, 0.25) is 0 Å². The van der Waals surface area contributed by atoms with E-state index in [2.05, 4.69) is 30.5 Å². The van der Waals surface area contributed by atoms with E-state index in [0.29, 0.717) is 0 Å². The van der Waals surface area contributed by atoms with Gasteiger partial charge in [0.15, 0.2) is 0 Å². The number of thiazole rings is 2. The largest absolute Gasteiger partial charge is 0.296 e. The van der Waals surface area contributed by atoms with Crippen molar-refractivity contribution in [3.63, 3.8) is 0 Å². The summed E-state index contributed by atoms with van der Waals surface area (Å²) >= 11 is 3.36. The Bertz CT molecular complexity index is 425. The van der Waals surface area contributed by atoms with E-state index in [9.17, 15) is 0 Å². The fraction of sp³-hybridized carbons (Fsp3) is 0.538. The molecule has 0 aliphatic carbocycles. The lowest BCUT2D eigenvalue weighted by Crippen LogP contribution is -2.30. The predicted octanol–water partition coefficient (Wildman–Crippen LogP) is 2.31. The van der Waals surface area contributed by atoms with Crippen molar-refractivity contribution in [2.24, 2.45) is 0 Å². The molecule has 1 fully saturated rings. The number of nitrogens with zero attached hydrogens (tertiary/aromatic N) is 4. The summed E-state index contributed by atoms with van der Waals surface area (Å²) in [4.78, 5) is 13.8. The van der Waals surface area contributed by atoms with Crippen molar-refractivity contribution in [3.05, 3.63) is 33.2 Å². The van der Waals surface area contributed by atoms with Crippen LogP contribution in [0.25, 0.3) is 0 Å². The summed E-state index contributed by atoms with van der Waals surface area (Å²) in [6.45, 7) is 6.58. The molecule has 0 saturated carbocycles. The van der Waals surface area contributed by atoms with E-state index >= 15 is 0 Å². The summed E-state index contributed by atoms with van der Waals surface area (Å²) in [5.41, 5.74) is 6.25. The fourth-order valence-corrected chi connectivity index (χ4v) is 3.53. The molecule has 0 unspecified atom stereocenters. The molecule has 102 valence electrons. The minimum atomic E-state index is 0.994. The zero-order valence-corrected chi connectivity index (χ0v) is 12.5. The van der Waals surface area contributed by atoms with E-state index in [1.54, 1.807) is 22.7 Å². The molecule has 0 radical (unpaired) electrons. The van der Waals surface area contributed by atoms with Gasteiger partial charge in [-0.05, 0) is 19.5 Å². The van der Waals surface area contributed by atoms with Crippen LogP contribution in [0.4, 0.5) is 0 Å². The second-order valence-electron chi connectivity index (χ2n) is 4.87. The molecule has 0 aromatic carbocycles. The molecular weight excluding hydrogens is 276 g/mol. The van der Waals surface area contributed by atoms with Crippen LogP contribution in [0.3, 0.4) is 0 Å². The van der Waals surface area contributed by atoms with Gasteiger partial charge >= 0.3 is 0 Å². The Kier molecular flexibility index (Phi) is 4.55. The lowest BCUT2D eigenvalue weighted by atomic mass is 10.3. The number of hydrogen-bond acceptors (Lipinski definition) is 6. The van der Waals surface area contributed by atoms with Crippen LogP contribution < -0.4 is 0 Å². The van der Waals surface area contributed by atoms with Gasteiger partial charge in [-0.2, -0.15) is 0 Å². The van der Waals surface area contributed by atoms with Crippen molar-refractivity contribution >= 4 is 22.7 Å². The lowest BCUT2D eigenvalue weighted by molar-refractivity contribution is 0.244. The van der Waals surface area contributed by atoms with Gasteiger partial charge in [0.05, 0.1) is 22.4 Å². The smallest absolute Gasteiger partial charge is 0.0795 e. The maximum Gasteiger partial charge on any atom is 0.0795 e. The van der Waals surface area contributed by atoms with Gasteiger partial charge in [0.1, 0.15) is 0 Å². The van der Waals surface area contributed by atoms with Gasteiger partial charge in [0.2, 0.25) is 0 Å². The van der Waals surface area contributed by atoms with Crippen molar-refractivity contribution in [3.8, 4) is 0 Å².